The van der Waals surface area contributed by atoms with Gasteiger partial charge in [0, 0.05) is 42.8 Å². The van der Waals surface area contributed by atoms with E-state index in [2.05, 4.69) is 42.2 Å². The van der Waals surface area contributed by atoms with Gasteiger partial charge in [0.25, 0.3) is 0 Å². The van der Waals surface area contributed by atoms with Gasteiger partial charge < -0.3 is 10.2 Å². The smallest absolute Gasteiger partial charge is 0.0445 e. The average molecular weight is 275 g/mol. The molecule has 0 aromatic carbocycles. The summed E-state index contributed by atoms with van der Waals surface area (Å²) in [4.78, 5) is 6.98. The van der Waals surface area contributed by atoms with Gasteiger partial charge in [-0.15, -0.1) is 0 Å². The summed E-state index contributed by atoms with van der Waals surface area (Å²) in [7, 11) is 2.26. The summed E-state index contributed by atoms with van der Waals surface area (Å²) >= 11 is 0. The first kappa shape index (κ1) is 15.3. The van der Waals surface area contributed by atoms with E-state index in [0.29, 0.717) is 6.04 Å². The Morgan fingerprint density at radius 3 is 2.75 bits per heavy atom. The lowest BCUT2D eigenvalue weighted by Gasteiger charge is -2.34. The lowest BCUT2D eigenvalue weighted by molar-refractivity contribution is 0.427. The highest BCUT2D eigenvalue weighted by atomic mass is 15.1. The molecule has 20 heavy (non-hydrogen) atoms. The molecule has 1 aliphatic rings. The van der Waals surface area contributed by atoms with Gasteiger partial charge >= 0.3 is 0 Å². The topological polar surface area (TPSA) is 28.2 Å². The first-order valence-corrected chi connectivity index (χ1v) is 8.11. The van der Waals surface area contributed by atoms with Crippen molar-refractivity contribution in [2.75, 3.05) is 18.5 Å². The molecule has 112 valence electrons. The van der Waals surface area contributed by atoms with Gasteiger partial charge in [0.2, 0.25) is 0 Å². The first-order valence-electron chi connectivity index (χ1n) is 8.11. The van der Waals surface area contributed by atoms with E-state index in [4.69, 9.17) is 0 Å². The van der Waals surface area contributed by atoms with Crippen molar-refractivity contribution < 1.29 is 0 Å². The van der Waals surface area contributed by atoms with E-state index in [0.717, 1.165) is 18.8 Å². The maximum atomic E-state index is 4.48. The summed E-state index contributed by atoms with van der Waals surface area (Å²) in [5.74, 6) is 0. The lowest BCUT2D eigenvalue weighted by Crippen LogP contribution is -2.34. The zero-order chi connectivity index (χ0) is 14.4. The Morgan fingerprint density at radius 2 is 2.05 bits per heavy atom. The molecule has 0 spiro atoms. The van der Waals surface area contributed by atoms with Crippen molar-refractivity contribution >= 4 is 5.69 Å². The molecule has 1 fully saturated rings. The molecule has 2 rings (SSSR count). The maximum absolute atomic E-state index is 4.48. The monoisotopic (exact) mass is 275 g/mol. The first-order chi connectivity index (χ1) is 9.72. The number of hydrogen-bond acceptors (Lipinski definition) is 3. The van der Waals surface area contributed by atoms with Crippen LogP contribution in [0.5, 0.6) is 0 Å². The quantitative estimate of drug-likeness (QED) is 0.803. The number of nitrogens with zero attached hydrogens (tertiary/aromatic N) is 2. The Labute approximate surface area is 123 Å². The van der Waals surface area contributed by atoms with Gasteiger partial charge in [-0.25, -0.2) is 0 Å². The average Bonchev–Trinajstić information content (AvgIpc) is 2.49. The Kier molecular flexibility index (Phi) is 5.84. The molecular weight excluding hydrogens is 246 g/mol. The molecule has 1 saturated carbocycles. The fourth-order valence-corrected chi connectivity index (χ4v) is 3.10. The predicted octanol–water partition coefficient (Wildman–Crippen LogP) is 3.66. The molecule has 0 bridgehead atoms. The summed E-state index contributed by atoms with van der Waals surface area (Å²) < 4.78 is 0. The minimum Gasteiger partial charge on any atom is -0.371 e. The minimum atomic E-state index is 0.704. The second-order valence-electron chi connectivity index (χ2n) is 6.03. The van der Waals surface area contributed by atoms with Gasteiger partial charge in [-0.1, -0.05) is 26.2 Å². The molecule has 0 aliphatic heterocycles. The third kappa shape index (κ3) is 3.95. The Balaban J connectivity index is 2.12. The molecule has 1 aromatic rings. The van der Waals surface area contributed by atoms with E-state index < -0.39 is 0 Å². The molecule has 1 heterocycles. The van der Waals surface area contributed by atoms with Gasteiger partial charge in [-0.3, -0.25) is 4.98 Å². The predicted molar refractivity (Wildman–Crippen MR) is 86.2 cm³/mol. The number of nitrogens with one attached hydrogen (secondary N) is 1. The molecule has 0 unspecified atom stereocenters. The van der Waals surface area contributed by atoms with Crippen LogP contribution in [-0.2, 0) is 6.54 Å². The summed E-state index contributed by atoms with van der Waals surface area (Å²) in [5.41, 5.74) is 3.81. The zero-order valence-electron chi connectivity index (χ0n) is 13.3. The molecule has 3 heteroatoms. The SMILES string of the molecule is CCCNCc1cnc(C)cc1N(C)C1CCCCC1. The highest BCUT2D eigenvalue weighted by Gasteiger charge is 2.20. The number of aryl methyl sites for hydroxylation is 1. The van der Waals surface area contributed by atoms with Crippen LogP contribution in [0.2, 0.25) is 0 Å². The summed E-state index contributed by atoms with van der Waals surface area (Å²) in [6.07, 6.45) is 10.1. The Bertz CT molecular complexity index is 411. The molecule has 0 atom stereocenters. The molecule has 1 N–H and O–H groups in total. The number of hydrogen-bond donors (Lipinski definition) is 1. The molecule has 0 amide bonds. The highest BCUT2D eigenvalue weighted by molar-refractivity contribution is 5.54. The number of pyridine rings is 1. The van der Waals surface area contributed by atoms with Crippen LogP contribution in [-0.4, -0.2) is 24.6 Å². The molecule has 1 aromatic heterocycles. The van der Waals surface area contributed by atoms with Gasteiger partial charge in [0.05, 0.1) is 0 Å². The van der Waals surface area contributed by atoms with Crippen LogP contribution in [0.4, 0.5) is 5.69 Å². The van der Waals surface area contributed by atoms with Crippen LogP contribution >= 0.6 is 0 Å². The normalized spacial score (nSPS) is 16.4. The van der Waals surface area contributed by atoms with E-state index >= 15 is 0 Å². The van der Waals surface area contributed by atoms with Gasteiger partial charge in [-0.2, -0.15) is 0 Å². The van der Waals surface area contributed by atoms with Crippen molar-refractivity contribution in [2.24, 2.45) is 0 Å². The second kappa shape index (κ2) is 7.63. The van der Waals surface area contributed by atoms with Crippen molar-refractivity contribution in [1.29, 1.82) is 0 Å². The van der Waals surface area contributed by atoms with Gasteiger partial charge in [0.1, 0.15) is 0 Å². The summed E-state index contributed by atoms with van der Waals surface area (Å²) in [6, 6.07) is 2.95. The Morgan fingerprint density at radius 1 is 1.30 bits per heavy atom. The van der Waals surface area contributed by atoms with Gasteiger partial charge in [-0.05, 0) is 38.8 Å². The lowest BCUT2D eigenvalue weighted by atomic mass is 9.94. The largest absolute Gasteiger partial charge is 0.371 e. The number of rotatable bonds is 6. The van der Waals surface area contributed by atoms with E-state index in [-0.39, 0.29) is 0 Å². The van der Waals surface area contributed by atoms with Crippen LogP contribution in [0.1, 0.15) is 56.7 Å². The van der Waals surface area contributed by atoms with Crippen molar-refractivity contribution in [3.05, 3.63) is 23.5 Å². The highest BCUT2D eigenvalue weighted by Crippen LogP contribution is 2.28. The second-order valence-corrected chi connectivity index (χ2v) is 6.03. The molecule has 1 aliphatic carbocycles. The van der Waals surface area contributed by atoms with Crippen LogP contribution < -0.4 is 10.2 Å². The van der Waals surface area contributed by atoms with E-state index in [9.17, 15) is 0 Å². The van der Waals surface area contributed by atoms with Crippen LogP contribution in [0, 0.1) is 6.92 Å². The van der Waals surface area contributed by atoms with Crippen LogP contribution in [0.25, 0.3) is 0 Å². The fraction of sp³-hybridized carbons (Fsp3) is 0.706. The zero-order valence-corrected chi connectivity index (χ0v) is 13.3. The van der Waals surface area contributed by atoms with Crippen molar-refractivity contribution in [2.45, 2.75) is 65.0 Å². The molecule has 0 saturated heterocycles. The third-order valence-corrected chi connectivity index (χ3v) is 4.34. The van der Waals surface area contributed by atoms with Crippen LogP contribution in [0.3, 0.4) is 0 Å². The summed E-state index contributed by atoms with van der Waals surface area (Å²) in [5, 5.41) is 3.50. The summed E-state index contributed by atoms with van der Waals surface area (Å²) in [6.45, 7) is 6.28. The molecular formula is C17H29N3. The van der Waals surface area contributed by atoms with E-state index in [1.165, 1.54) is 49.8 Å². The standard InChI is InChI=1S/C17H29N3/c1-4-10-18-12-15-13-19-14(2)11-17(15)20(3)16-8-6-5-7-9-16/h11,13,16,18H,4-10,12H2,1-3H3. The fourth-order valence-electron chi connectivity index (χ4n) is 3.10. The third-order valence-electron chi connectivity index (χ3n) is 4.34. The van der Waals surface area contributed by atoms with Gasteiger partial charge in [0.15, 0.2) is 0 Å². The molecule has 0 radical (unpaired) electrons. The Hall–Kier alpha value is -1.09. The maximum Gasteiger partial charge on any atom is 0.0445 e. The van der Waals surface area contributed by atoms with E-state index in [1.807, 2.05) is 6.20 Å². The van der Waals surface area contributed by atoms with Crippen molar-refractivity contribution in [1.82, 2.24) is 10.3 Å². The van der Waals surface area contributed by atoms with Crippen molar-refractivity contribution in [3.63, 3.8) is 0 Å². The van der Waals surface area contributed by atoms with Crippen molar-refractivity contribution in [3.8, 4) is 0 Å². The number of anilines is 1. The van der Waals surface area contributed by atoms with Crippen LogP contribution in [0.15, 0.2) is 12.3 Å². The van der Waals surface area contributed by atoms with E-state index in [1.54, 1.807) is 0 Å². The number of aromatic nitrogens is 1. The molecule has 3 nitrogen and oxygen atoms in total. The minimum absolute atomic E-state index is 0.704.